The third-order valence-corrected chi connectivity index (χ3v) is 3.71. The van der Waals surface area contributed by atoms with Gasteiger partial charge in [-0.2, -0.15) is 5.10 Å². The molecule has 3 nitrogen and oxygen atoms in total. The van der Waals surface area contributed by atoms with Crippen LogP contribution in [0.5, 0.6) is 0 Å². The topological polar surface area (TPSA) is 29.9 Å². The third kappa shape index (κ3) is 2.42. The number of hydrogen-bond acceptors (Lipinski definition) is 2. The van der Waals surface area contributed by atoms with Crippen LogP contribution in [0.2, 0.25) is 5.02 Å². The van der Waals surface area contributed by atoms with Crippen LogP contribution in [0, 0.1) is 0 Å². The molecule has 0 unspecified atom stereocenters. The fourth-order valence-corrected chi connectivity index (χ4v) is 2.53. The Hall–Kier alpha value is -1.32. The summed E-state index contributed by atoms with van der Waals surface area (Å²) in [4.78, 5) is 0. The number of benzene rings is 1. The summed E-state index contributed by atoms with van der Waals surface area (Å²) in [6.07, 6.45) is 6.38. The van der Waals surface area contributed by atoms with Crippen LogP contribution in [-0.2, 0) is 0 Å². The predicted molar refractivity (Wildman–Crippen MR) is 73.8 cm³/mol. The van der Waals surface area contributed by atoms with Crippen molar-refractivity contribution in [3.05, 3.63) is 41.7 Å². The fourth-order valence-electron chi connectivity index (χ4n) is 2.40. The quantitative estimate of drug-likeness (QED) is 0.900. The standard InChI is InChI=1S/C14H16ClN3/c15-13-3-1-11(2-4-13)12-9-17-18(10-12)14-5-7-16-8-6-14/h1-4,9-10,14,16H,5-8H2. The zero-order chi connectivity index (χ0) is 12.4. The molecule has 0 amide bonds. The van der Waals surface area contributed by atoms with Gasteiger partial charge in [0.1, 0.15) is 0 Å². The van der Waals surface area contributed by atoms with Crippen LogP contribution in [-0.4, -0.2) is 22.9 Å². The largest absolute Gasteiger partial charge is 0.317 e. The first-order valence-corrected chi connectivity index (χ1v) is 6.71. The van der Waals surface area contributed by atoms with Crippen molar-refractivity contribution in [3.8, 4) is 11.1 Å². The molecule has 1 N–H and O–H groups in total. The van der Waals surface area contributed by atoms with Crippen molar-refractivity contribution in [2.75, 3.05) is 13.1 Å². The van der Waals surface area contributed by atoms with E-state index < -0.39 is 0 Å². The van der Waals surface area contributed by atoms with Gasteiger partial charge in [0.2, 0.25) is 0 Å². The number of halogens is 1. The van der Waals surface area contributed by atoms with E-state index in [9.17, 15) is 0 Å². The monoisotopic (exact) mass is 261 g/mol. The highest BCUT2D eigenvalue weighted by Crippen LogP contribution is 2.24. The van der Waals surface area contributed by atoms with Gasteiger partial charge in [-0.3, -0.25) is 4.68 Å². The normalized spacial score (nSPS) is 16.9. The lowest BCUT2D eigenvalue weighted by atomic mass is 10.1. The maximum absolute atomic E-state index is 5.90. The number of nitrogens with zero attached hydrogens (tertiary/aromatic N) is 2. The first-order chi connectivity index (χ1) is 8.83. The summed E-state index contributed by atoms with van der Waals surface area (Å²) >= 11 is 5.90. The molecule has 18 heavy (non-hydrogen) atoms. The molecule has 0 radical (unpaired) electrons. The second-order valence-corrected chi connectivity index (χ2v) is 5.13. The highest BCUT2D eigenvalue weighted by molar-refractivity contribution is 6.30. The van der Waals surface area contributed by atoms with Gasteiger partial charge in [-0.25, -0.2) is 0 Å². The van der Waals surface area contributed by atoms with Crippen molar-refractivity contribution in [2.45, 2.75) is 18.9 Å². The SMILES string of the molecule is Clc1ccc(-c2cnn(C3CCNCC3)c2)cc1. The second kappa shape index (κ2) is 5.12. The lowest BCUT2D eigenvalue weighted by molar-refractivity contribution is 0.343. The molecule has 4 heteroatoms. The highest BCUT2D eigenvalue weighted by Gasteiger charge is 2.15. The molecule has 1 aromatic heterocycles. The average Bonchev–Trinajstić information content (AvgIpc) is 2.90. The van der Waals surface area contributed by atoms with Crippen molar-refractivity contribution in [1.29, 1.82) is 0 Å². The molecule has 0 saturated carbocycles. The first-order valence-electron chi connectivity index (χ1n) is 6.34. The maximum Gasteiger partial charge on any atom is 0.0568 e. The van der Waals surface area contributed by atoms with Crippen LogP contribution in [0.4, 0.5) is 0 Å². The fraction of sp³-hybridized carbons (Fsp3) is 0.357. The molecule has 1 saturated heterocycles. The van der Waals surface area contributed by atoms with Crippen LogP contribution in [0.3, 0.4) is 0 Å². The van der Waals surface area contributed by atoms with Crippen LogP contribution in [0.1, 0.15) is 18.9 Å². The smallest absolute Gasteiger partial charge is 0.0568 e. The highest BCUT2D eigenvalue weighted by atomic mass is 35.5. The van der Waals surface area contributed by atoms with E-state index in [2.05, 4.69) is 21.3 Å². The number of rotatable bonds is 2. The Balaban J connectivity index is 1.82. The van der Waals surface area contributed by atoms with Crippen LogP contribution in [0.15, 0.2) is 36.7 Å². The van der Waals surface area contributed by atoms with E-state index >= 15 is 0 Å². The molecule has 94 valence electrons. The minimum Gasteiger partial charge on any atom is -0.317 e. The van der Waals surface area contributed by atoms with Gasteiger partial charge in [0, 0.05) is 16.8 Å². The number of aromatic nitrogens is 2. The van der Waals surface area contributed by atoms with Gasteiger partial charge in [-0.05, 0) is 43.6 Å². The summed E-state index contributed by atoms with van der Waals surface area (Å²) in [6.45, 7) is 2.17. The van der Waals surface area contributed by atoms with Gasteiger partial charge in [0.25, 0.3) is 0 Å². The molecule has 1 aromatic carbocycles. The second-order valence-electron chi connectivity index (χ2n) is 4.70. The molecular weight excluding hydrogens is 246 g/mol. The van der Waals surface area contributed by atoms with E-state index in [1.165, 1.54) is 5.56 Å². The van der Waals surface area contributed by atoms with E-state index in [1.807, 2.05) is 30.5 Å². The molecule has 0 atom stereocenters. The summed E-state index contributed by atoms with van der Waals surface area (Å²) in [5.74, 6) is 0. The zero-order valence-electron chi connectivity index (χ0n) is 10.1. The summed E-state index contributed by atoms with van der Waals surface area (Å²) < 4.78 is 2.10. The predicted octanol–water partition coefficient (Wildman–Crippen LogP) is 3.13. The van der Waals surface area contributed by atoms with Gasteiger partial charge in [0.15, 0.2) is 0 Å². The van der Waals surface area contributed by atoms with Crippen molar-refractivity contribution < 1.29 is 0 Å². The third-order valence-electron chi connectivity index (χ3n) is 3.46. The lowest BCUT2D eigenvalue weighted by Gasteiger charge is -2.22. The maximum atomic E-state index is 5.90. The van der Waals surface area contributed by atoms with Crippen molar-refractivity contribution in [3.63, 3.8) is 0 Å². The number of piperidine rings is 1. The molecule has 0 spiro atoms. The molecule has 2 aromatic rings. The Bertz CT molecular complexity index is 512. The minimum absolute atomic E-state index is 0.535. The van der Waals surface area contributed by atoms with Gasteiger partial charge in [-0.1, -0.05) is 23.7 Å². The zero-order valence-corrected chi connectivity index (χ0v) is 10.9. The molecule has 0 aliphatic carbocycles. The van der Waals surface area contributed by atoms with Gasteiger partial charge < -0.3 is 5.32 Å². The van der Waals surface area contributed by atoms with Gasteiger partial charge in [0.05, 0.1) is 12.2 Å². The Morgan fingerprint density at radius 2 is 1.83 bits per heavy atom. The number of hydrogen-bond donors (Lipinski definition) is 1. The Morgan fingerprint density at radius 1 is 1.11 bits per heavy atom. The van der Waals surface area contributed by atoms with E-state index in [0.717, 1.165) is 36.5 Å². The van der Waals surface area contributed by atoms with Crippen LogP contribution >= 0.6 is 11.6 Å². The number of nitrogens with one attached hydrogen (secondary N) is 1. The molecule has 1 aliphatic heterocycles. The average molecular weight is 262 g/mol. The van der Waals surface area contributed by atoms with Crippen LogP contribution < -0.4 is 5.32 Å². The van der Waals surface area contributed by atoms with Crippen molar-refractivity contribution >= 4 is 11.6 Å². The molecular formula is C14H16ClN3. The summed E-state index contributed by atoms with van der Waals surface area (Å²) in [6, 6.07) is 8.43. The van der Waals surface area contributed by atoms with Gasteiger partial charge in [-0.15, -0.1) is 0 Å². The Kier molecular flexibility index (Phi) is 3.35. The van der Waals surface area contributed by atoms with E-state index in [-0.39, 0.29) is 0 Å². The summed E-state index contributed by atoms with van der Waals surface area (Å²) in [5, 5.41) is 8.64. The minimum atomic E-state index is 0.535. The van der Waals surface area contributed by atoms with E-state index in [0.29, 0.717) is 6.04 Å². The molecule has 1 fully saturated rings. The lowest BCUT2D eigenvalue weighted by Crippen LogP contribution is -2.29. The molecule has 0 bridgehead atoms. The van der Waals surface area contributed by atoms with Crippen molar-refractivity contribution in [1.82, 2.24) is 15.1 Å². The molecule has 3 rings (SSSR count). The van der Waals surface area contributed by atoms with Crippen LogP contribution in [0.25, 0.3) is 11.1 Å². The Morgan fingerprint density at radius 3 is 2.56 bits per heavy atom. The summed E-state index contributed by atoms with van der Waals surface area (Å²) in [5.41, 5.74) is 2.32. The first kappa shape index (κ1) is 11.8. The molecule has 1 aliphatic rings. The summed E-state index contributed by atoms with van der Waals surface area (Å²) in [7, 11) is 0. The molecule has 2 heterocycles. The van der Waals surface area contributed by atoms with Crippen molar-refractivity contribution in [2.24, 2.45) is 0 Å². The van der Waals surface area contributed by atoms with E-state index in [1.54, 1.807) is 0 Å². The van der Waals surface area contributed by atoms with E-state index in [4.69, 9.17) is 11.6 Å². The van der Waals surface area contributed by atoms with Gasteiger partial charge >= 0.3 is 0 Å². The Labute approximate surface area is 112 Å².